The number of aromatic nitrogens is 3. The summed E-state index contributed by atoms with van der Waals surface area (Å²) in [6.07, 6.45) is 12.1. The van der Waals surface area contributed by atoms with Gasteiger partial charge < -0.3 is 18.8 Å². The van der Waals surface area contributed by atoms with E-state index in [1.165, 1.54) is 19.3 Å². The van der Waals surface area contributed by atoms with Crippen molar-refractivity contribution in [2.45, 2.75) is 91.7 Å². The zero-order chi connectivity index (χ0) is 33.4. The second kappa shape index (κ2) is 15.9. The predicted octanol–water partition coefficient (Wildman–Crippen LogP) is 7.43. The molecule has 0 atom stereocenters. The summed E-state index contributed by atoms with van der Waals surface area (Å²) in [5.41, 5.74) is 1.73. The lowest BCUT2D eigenvalue weighted by Gasteiger charge is -2.43. The van der Waals surface area contributed by atoms with Gasteiger partial charge in [0.15, 0.2) is 17.3 Å². The Morgan fingerprint density at radius 3 is 2.13 bits per heavy atom. The largest absolute Gasteiger partial charge is 0.443 e. The van der Waals surface area contributed by atoms with E-state index < -0.39 is 21.5 Å². The van der Waals surface area contributed by atoms with Crippen LogP contribution < -0.4 is 9.80 Å². The Kier molecular flexibility index (Phi) is 12.0. The van der Waals surface area contributed by atoms with Gasteiger partial charge in [-0.1, -0.05) is 40.0 Å². The Morgan fingerprint density at radius 1 is 0.979 bits per heavy atom. The van der Waals surface area contributed by atoms with E-state index in [0.717, 1.165) is 81.6 Å². The molecule has 2 fully saturated rings. The van der Waals surface area contributed by atoms with E-state index in [2.05, 4.69) is 47.7 Å². The number of anilines is 3. The number of thiol groups is 1. The van der Waals surface area contributed by atoms with Crippen molar-refractivity contribution in [3.8, 4) is 0 Å². The Balaban J connectivity index is 1.53. The Hall–Kier alpha value is -3.02. The lowest BCUT2D eigenvalue weighted by Crippen LogP contribution is -2.56. The average molecular weight is 668 g/mol. The van der Waals surface area contributed by atoms with Crippen LogP contribution in [0.15, 0.2) is 47.2 Å². The zero-order valence-corrected chi connectivity index (χ0v) is 30.4. The number of fused-ring (bicyclic) bond motifs is 1. The Morgan fingerprint density at radius 2 is 1.60 bits per heavy atom. The molecule has 2 aliphatic heterocycles. The standard InChI is InChI=1S/C36H57N7O3S/c1-7-10-23-47(24-11-8-2,25-12-9-3)39-32-26-42-18-17-37-33(42)34(38-32)43(35(44)46-36(4,5)6)30-15-13-29(14-16-30)40-19-21-41(22-20-40)31-27-45-28-31/h13-18,26,31,47H,7-12,19-25,27-28H2,1-6H3. The molecule has 0 unspecified atom stereocenters. The van der Waals surface area contributed by atoms with E-state index in [1.54, 1.807) is 11.1 Å². The van der Waals surface area contributed by atoms with E-state index in [4.69, 9.17) is 18.8 Å². The number of hydrogen-bond donors (Lipinski definition) is 1. The van der Waals surface area contributed by atoms with Gasteiger partial charge in [0.2, 0.25) is 0 Å². The molecular formula is C36H57N7O3S. The monoisotopic (exact) mass is 667 g/mol. The third-order valence-electron chi connectivity index (χ3n) is 9.15. The topological polar surface area (TPSA) is 87.8 Å². The van der Waals surface area contributed by atoms with Gasteiger partial charge in [-0.3, -0.25) is 4.90 Å². The molecule has 10 nitrogen and oxygen atoms in total. The van der Waals surface area contributed by atoms with Gasteiger partial charge in [0.25, 0.3) is 0 Å². The van der Waals surface area contributed by atoms with E-state index in [-0.39, 0.29) is 0 Å². The predicted molar refractivity (Wildman–Crippen MR) is 196 cm³/mol. The number of piperazine rings is 1. The molecule has 11 heteroatoms. The minimum absolute atomic E-state index is 0.439. The third-order valence-corrected chi connectivity index (χ3v) is 13.2. The summed E-state index contributed by atoms with van der Waals surface area (Å²) in [7, 11) is -1.66. The van der Waals surface area contributed by atoms with E-state index in [0.29, 0.717) is 29.0 Å². The van der Waals surface area contributed by atoms with Crippen molar-refractivity contribution in [2.75, 3.05) is 66.5 Å². The van der Waals surface area contributed by atoms with Gasteiger partial charge in [-0.25, -0.2) is 24.0 Å². The van der Waals surface area contributed by atoms with Gasteiger partial charge in [-0.05, 0) is 81.6 Å². The molecule has 0 saturated carbocycles. The molecule has 47 heavy (non-hydrogen) atoms. The molecule has 0 bridgehead atoms. The number of benzene rings is 1. The maximum absolute atomic E-state index is 14.0. The summed E-state index contributed by atoms with van der Waals surface area (Å²) >= 11 is 0. The van der Waals surface area contributed by atoms with Gasteiger partial charge in [0.1, 0.15) is 5.60 Å². The van der Waals surface area contributed by atoms with E-state index in [9.17, 15) is 4.79 Å². The first-order valence-electron chi connectivity index (χ1n) is 17.8. The summed E-state index contributed by atoms with van der Waals surface area (Å²) in [5, 5.41) is 0. The van der Waals surface area contributed by atoms with Crippen molar-refractivity contribution < 1.29 is 14.3 Å². The van der Waals surface area contributed by atoms with Crippen molar-refractivity contribution in [1.29, 1.82) is 0 Å². The molecule has 260 valence electrons. The molecule has 2 aromatic heterocycles. The van der Waals surface area contributed by atoms with Gasteiger partial charge in [-0.15, -0.1) is 0 Å². The van der Waals surface area contributed by atoms with Crippen LogP contribution in [0.25, 0.3) is 5.65 Å². The van der Waals surface area contributed by atoms with Crippen LogP contribution in [-0.4, -0.2) is 93.7 Å². The first-order valence-corrected chi connectivity index (χ1v) is 20.1. The summed E-state index contributed by atoms with van der Waals surface area (Å²) in [5.74, 6) is 4.53. The fourth-order valence-corrected chi connectivity index (χ4v) is 10.6. The van der Waals surface area contributed by atoms with Crippen LogP contribution in [-0.2, 0) is 19.3 Å². The van der Waals surface area contributed by atoms with Crippen LogP contribution in [0.1, 0.15) is 80.1 Å². The highest BCUT2D eigenvalue weighted by Crippen LogP contribution is 2.34. The number of amides is 1. The molecule has 2 aliphatic rings. The summed E-state index contributed by atoms with van der Waals surface area (Å²) in [6.45, 7) is 18.1. The molecule has 0 spiro atoms. The highest BCUT2D eigenvalue weighted by Gasteiger charge is 2.31. The van der Waals surface area contributed by atoms with Crippen LogP contribution in [0, 0.1) is 0 Å². The first-order chi connectivity index (χ1) is 22.6. The number of imidazole rings is 1. The number of nitrogens with zero attached hydrogens (tertiary/aromatic N) is 7. The molecular weight excluding hydrogens is 611 g/mol. The number of ether oxygens (including phenoxy) is 2. The fraction of sp³-hybridized carbons (Fsp3) is 0.639. The third kappa shape index (κ3) is 8.91. The van der Waals surface area contributed by atoms with Crippen LogP contribution >= 0.6 is 0 Å². The van der Waals surface area contributed by atoms with Crippen molar-refractivity contribution in [2.24, 2.45) is 4.36 Å². The second-order valence-electron chi connectivity index (χ2n) is 14.1. The number of hydrogen-bond acceptors (Lipinski definition) is 8. The fourth-order valence-electron chi connectivity index (χ4n) is 6.37. The normalized spacial score (nSPS) is 16.7. The minimum atomic E-state index is -1.66. The van der Waals surface area contributed by atoms with Gasteiger partial charge in [0, 0.05) is 44.3 Å². The summed E-state index contributed by atoms with van der Waals surface area (Å²) in [6, 6.07) is 8.76. The van der Waals surface area contributed by atoms with Crippen LogP contribution in [0.2, 0.25) is 0 Å². The first kappa shape index (κ1) is 35.3. The number of carbonyl (C=O) groups excluding carboxylic acids is 1. The van der Waals surface area contributed by atoms with Crippen molar-refractivity contribution in [3.63, 3.8) is 0 Å². The maximum Gasteiger partial charge on any atom is 0.420 e. The minimum Gasteiger partial charge on any atom is -0.443 e. The van der Waals surface area contributed by atoms with Gasteiger partial charge in [0.05, 0.1) is 31.1 Å². The van der Waals surface area contributed by atoms with Crippen molar-refractivity contribution >= 4 is 44.6 Å². The smallest absolute Gasteiger partial charge is 0.420 e. The van der Waals surface area contributed by atoms with Gasteiger partial charge in [-0.2, -0.15) is 9.82 Å². The van der Waals surface area contributed by atoms with Gasteiger partial charge >= 0.3 is 6.09 Å². The molecule has 0 aliphatic carbocycles. The molecule has 4 heterocycles. The zero-order valence-electron chi connectivity index (χ0n) is 29.5. The Bertz CT molecular complexity index is 1480. The molecule has 1 aromatic carbocycles. The molecule has 1 amide bonds. The van der Waals surface area contributed by atoms with E-state index in [1.807, 2.05) is 49.7 Å². The van der Waals surface area contributed by atoms with Crippen molar-refractivity contribution in [1.82, 2.24) is 19.3 Å². The number of carbonyl (C=O) groups is 1. The summed E-state index contributed by atoms with van der Waals surface area (Å²) in [4.78, 5) is 30.4. The lowest BCUT2D eigenvalue weighted by atomic mass is 10.1. The van der Waals surface area contributed by atoms with E-state index >= 15 is 0 Å². The lowest BCUT2D eigenvalue weighted by molar-refractivity contribution is -0.0660. The van der Waals surface area contributed by atoms with Crippen molar-refractivity contribution in [3.05, 3.63) is 42.9 Å². The highest BCUT2D eigenvalue weighted by atomic mass is 32.2. The summed E-state index contributed by atoms with van der Waals surface area (Å²) < 4.78 is 18.9. The van der Waals surface area contributed by atoms with Crippen LogP contribution in [0.5, 0.6) is 0 Å². The molecule has 0 N–H and O–H groups in total. The average Bonchev–Trinajstić information content (AvgIpc) is 3.50. The molecule has 0 radical (unpaired) electrons. The molecule has 2 saturated heterocycles. The molecule has 3 aromatic rings. The highest BCUT2D eigenvalue weighted by molar-refractivity contribution is 8.05. The SMILES string of the molecule is CCCC[SH](CCCC)(CCCC)=Nc1cn2ccnc2c(N(C(=O)OC(C)(C)C)c2ccc(N3CCN(C4COC4)CC3)cc2)n1. The maximum atomic E-state index is 14.0. The Labute approximate surface area is 282 Å². The number of unbranched alkanes of at least 4 members (excludes halogenated alkanes) is 3. The molecule has 5 rings (SSSR count). The number of rotatable bonds is 14. The van der Waals surface area contributed by atoms with Crippen LogP contribution in [0.4, 0.5) is 27.8 Å². The second-order valence-corrected chi connectivity index (χ2v) is 17.8. The van der Waals surface area contributed by atoms with Crippen LogP contribution in [0.3, 0.4) is 0 Å². The quantitative estimate of drug-likeness (QED) is 0.179.